The second-order valence-corrected chi connectivity index (χ2v) is 6.00. The summed E-state index contributed by atoms with van der Waals surface area (Å²) in [4.78, 5) is 16.3. The van der Waals surface area contributed by atoms with Crippen molar-refractivity contribution in [3.63, 3.8) is 0 Å². The van der Waals surface area contributed by atoms with Crippen LogP contribution in [0.4, 0.5) is 0 Å². The first-order chi connectivity index (χ1) is 11.5. The van der Waals surface area contributed by atoms with Gasteiger partial charge in [0, 0.05) is 24.0 Å². The van der Waals surface area contributed by atoms with Gasteiger partial charge in [-0.15, -0.1) is 0 Å². The summed E-state index contributed by atoms with van der Waals surface area (Å²) in [6.07, 6.45) is 3.30. The van der Waals surface area contributed by atoms with Crippen LogP contribution in [0.5, 0.6) is 0 Å². The molecule has 1 atom stereocenters. The van der Waals surface area contributed by atoms with Crippen molar-refractivity contribution in [2.75, 3.05) is 0 Å². The lowest BCUT2D eigenvalue weighted by Gasteiger charge is -2.13. The van der Waals surface area contributed by atoms with E-state index in [0.29, 0.717) is 15.8 Å². The van der Waals surface area contributed by atoms with Gasteiger partial charge in [-0.3, -0.25) is 9.78 Å². The quantitative estimate of drug-likeness (QED) is 0.740. The number of pyridine rings is 1. The Labute approximate surface area is 148 Å². The second kappa shape index (κ2) is 7.03. The SMILES string of the molecule is CC(NC(=O)c1cc(-c2cccnc2)on1)c1ccc(Cl)c(Cl)c1. The molecule has 3 rings (SSSR count). The molecule has 7 heteroatoms. The smallest absolute Gasteiger partial charge is 0.273 e. The minimum atomic E-state index is -0.340. The Balaban J connectivity index is 1.73. The summed E-state index contributed by atoms with van der Waals surface area (Å²) >= 11 is 11.9. The Bertz CT molecular complexity index is 865. The van der Waals surface area contributed by atoms with Crippen molar-refractivity contribution in [2.24, 2.45) is 0 Å². The minimum Gasteiger partial charge on any atom is -0.355 e. The van der Waals surface area contributed by atoms with Gasteiger partial charge >= 0.3 is 0 Å². The zero-order chi connectivity index (χ0) is 17.1. The van der Waals surface area contributed by atoms with Crippen LogP contribution in [0.2, 0.25) is 10.0 Å². The van der Waals surface area contributed by atoms with Gasteiger partial charge in [-0.25, -0.2) is 0 Å². The van der Waals surface area contributed by atoms with Crippen molar-refractivity contribution >= 4 is 29.1 Å². The van der Waals surface area contributed by atoms with Gasteiger partial charge in [0.1, 0.15) is 0 Å². The number of nitrogens with zero attached hydrogens (tertiary/aromatic N) is 2. The average Bonchev–Trinajstić information content (AvgIpc) is 3.08. The van der Waals surface area contributed by atoms with Crippen LogP contribution >= 0.6 is 23.2 Å². The first kappa shape index (κ1) is 16.5. The van der Waals surface area contributed by atoms with Gasteiger partial charge in [-0.05, 0) is 36.8 Å². The Kier molecular flexibility index (Phi) is 4.83. The molecule has 1 N–H and O–H groups in total. The second-order valence-electron chi connectivity index (χ2n) is 5.19. The molecule has 0 aliphatic carbocycles. The van der Waals surface area contributed by atoms with Crippen LogP contribution in [0, 0.1) is 0 Å². The molecule has 0 fully saturated rings. The highest BCUT2D eigenvalue weighted by atomic mass is 35.5. The Morgan fingerprint density at radius 1 is 1.21 bits per heavy atom. The number of nitrogens with one attached hydrogen (secondary N) is 1. The normalized spacial score (nSPS) is 12.0. The molecule has 2 heterocycles. The number of carbonyl (C=O) groups excluding carboxylic acids is 1. The molecule has 0 bridgehead atoms. The van der Waals surface area contributed by atoms with Crippen molar-refractivity contribution in [3.8, 4) is 11.3 Å². The molecule has 24 heavy (non-hydrogen) atoms. The summed E-state index contributed by atoms with van der Waals surface area (Å²) in [5.74, 6) is 0.142. The van der Waals surface area contributed by atoms with E-state index < -0.39 is 0 Å². The third kappa shape index (κ3) is 3.58. The minimum absolute atomic E-state index is 0.195. The van der Waals surface area contributed by atoms with Crippen LogP contribution in [-0.2, 0) is 0 Å². The highest BCUT2D eigenvalue weighted by Gasteiger charge is 2.17. The van der Waals surface area contributed by atoms with Crippen LogP contribution in [0.1, 0.15) is 29.0 Å². The molecular formula is C17H13Cl2N3O2. The largest absolute Gasteiger partial charge is 0.355 e. The fraction of sp³-hybridized carbons (Fsp3) is 0.118. The number of hydrogen-bond acceptors (Lipinski definition) is 4. The molecule has 0 saturated carbocycles. The van der Waals surface area contributed by atoms with Crippen molar-refractivity contribution in [3.05, 3.63) is 70.1 Å². The first-order valence-electron chi connectivity index (χ1n) is 7.17. The monoisotopic (exact) mass is 361 g/mol. The number of benzene rings is 1. The maximum Gasteiger partial charge on any atom is 0.273 e. The van der Waals surface area contributed by atoms with E-state index in [-0.39, 0.29) is 17.6 Å². The van der Waals surface area contributed by atoms with E-state index in [4.69, 9.17) is 27.7 Å². The molecule has 0 aliphatic heterocycles. The molecule has 1 amide bonds. The van der Waals surface area contributed by atoms with Gasteiger partial charge in [0.15, 0.2) is 11.5 Å². The van der Waals surface area contributed by atoms with E-state index >= 15 is 0 Å². The number of halogens is 2. The summed E-state index contributed by atoms with van der Waals surface area (Å²) < 4.78 is 5.20. The maximum absolute atomic E-state index is 12.3. The lowest BCUT2D eigenvalue weighted by Crippen LogP contribution is -2.26. The van der Waals surface area contributed by atoms with Gasteiger partial charge in [-0.1, -0.05) is 34.4 Å². The third-order valence-corrected chi connectivity index (χ3v) is 4.22. The molecule has 3 aromatic rings. The molecule has 2 aromatic heterocycles. The van der Waals surface area contributed by atoms with Crippen molar-refractivity contribution in [1.82, 2.24) is 15.5 Å². The van der Waals surface area contributed by atoms with E-state index in [0.717, 1.165) is 11.1 Å². The summed E-state index contributed by atoms with van der Waals surface area (Å²) in [5, 5.41) is 7.56. The fourth-order valence-electron chi connectivity index (χ4n) is 2.16. The molecule has 0 saturated heterocycles. The summed E-state index contributed by atoms with van der Waals surface area (Å²) in [7, 11) is 0. The summed E-state index contributed by atoms with van der Waals surface area (Å²) in [5.41, 5.74) is 1.79. The van der Waals surface area contributed by atoms with Crippen molar-refractivity contribution in [1.29, 1.82) is 0 Å². The summed E-state index contributed by atoms with van der Waals surface area (Å²) in [6.45, 7) is 1.85. The summed E-state index contributed by atoms with van der Waals surface area (Å²) in [6, 6.07) is 10.1. The molecule has 0 spiro atoms. The van der Waals surface area contributed by atoms with E-state index in [1.54, 1.807) is 36.7 Å². The Morgan fingerprint density at radius 3 is 2.75 bits per heavy atom. The van der Waals surface area contributed by atoms with Gasteiger partial charge in [0.05, 0.1) is 16.1 Å². The van der Waals surface area contributed by atoms with Gasteiger partial charge in [-0.2, -0.15) is 0 Å². The molecule has 1 aromatic carbocycles. The molecular weight excluding hydrogens is 349 g/mol. The molecule has 0 aliphatic rings. The fourth-order valence-corrected chi connectivity index (χ4v) is 2.47. The number of amides is 1. The van der Waals surface area contributed by atoms with Gasteiger partial charge in [0.2, 0.25) is 0 Å². The molecule has 5 nitrogen and oxygen atoms in total. The highest BCUT2D eigenvalue weighted by Crippen LogP contribution is 2.26. The maximum atomic E-state index is 12.3. The zero-order valence-corrected chi connectivity index (χ0v) is 14.2. The van der Waals surface area contributed by atoms with Crippen LogP contribution in [-0.4, -0.2) is 16.0 Å². The number of rotatable bonds is 4. The molecule has 1 unspecified atom stereocenters. The number of carbonyl (C=O) groups is 1. The number of aromatic nitrogens is 2. The topological polar surface area (TPSA) is 68.0 Å². The first-order valence-corrected chi connectivity index (χ1v) is 7.93. The van der Waals surface area contributed by atoms with Gasteiger partial charge < -0.3 is 9.84 Å². The average molecular weight is 362 g/mol. The lowest BCUT2D eigenvalue weighted by atomic mass is 10.1. The molecule has 122 valence electrons. The molecule has 0 radical (unpaired) electrons. The standard InChI is InChI=1S/C17H13Cl2N3O2/c1-10(11-4-5-13(18)14(19)7-11)21-17(23)15-8-16(24-22-15)12-3-2-6-20-9-12/h2-10H,1H3,(H,21,23). The van der Waals surface area contributed by atoms with Crippen molar-refractivity contribution in [2.45, 2.75) is 13.0 Å². The van der Waals surface area contributed by atoms with E-state index in [1.807, 2.05) is 19.1 Å². The third-order valence-electron chi connectivity index (χ3n) is 3.48. The van der Waals surface area contributed by atoms with Crippen LogP contribution in [0.25, 0.3) is 11.3 Å². The lowest BCUT2D eigenvalue weighted by molar-refractivity contribution is 0.0931. The predicted molar refractivity (Wildman–Crippen MR) is 92.1 cm³/mol. The predicted octanol–water partition coefficient (Wildman–Crippen LogP) is 4.53. The van der Waals surface area contributed by atoms with Crippen LogP contribution in [0.15, 0.2) is 53.3 Å². The van der Waals surface area contributed by atoms with Crippen LogP contribution in [0.3, 0.4) is 0 Å². The van der Waals surface area contributed by atoms with Crippen LogP contribution < -0.4 is 5.32 Å². The van der Waals surface area contributed by atoms with E-state index in [2.05, 4.69) is 15.5 Å². The van der Waals surface area contributed by atoms with Gasteiger partial charge in [0.25, 0.3) is 5.91 Å². The van der Waals surface area contributed by atoms with E-state index in [9.17, 15) is 4.79 Å². The number of hydrogen-bond donors (Lipinski definition) is 1. The van der Waals surface area contributed by atoms with E-state index in [1.165, 1.54) is 0 Å². The Hall–Kier alpha value is -2.37. The zero-order valence-electron chi connectivity index (χ0n) is 12.7. The highest BCUT2D eigenvalue weighted by molar-refractivity contribution is 6.42. The Morgan fingerprint density at radius 2 is 2.04 bits per heavy atom. The van der Waals surface area contributed by atoms with Crippen molar-refractivity contribution < 1.29 is 9.32 Å².